The molecule has 4 nitrogen and oxygen atoms in total. The number of nitrogens with one attached hydrogen (secondary N) is 1. The summed E-state index contributed by atoms with van der Waals surface area (Å²) < 4.78 is 5.47. The molecule has 4 heteroatoms. The summed E-state index contributed by atoms with van der Waals surface area (Å²) >= 11 is 0. The van der Waals surface area contributed by atoms with Gasteiger partial charge in [0.2, 0.25) is 0 Å². The maximum atomic E-state index is 12.1. The highest BCUT2D eigenvalue weighted by atomic mass is 16.5. The number of aromatic hydroxyl groups is 1. The number of ether oxygens (including phenoxy) is 1. The minimum atomic E-state index is -0.492. The SMILES string of the molecule is Cc1cc(O)cc(C#CCNC(=O)OCC2c3ccccc3-c3ccccc32)c1. The molecule has 144 valence electrons. The van der Waals surface area contributed by atoms with Crippen molar-refractivity contribution in [1.82, 2.24) is 5.32 Å². The van der Waals surface area contributed by atoms with Gasteiger partial charge in [-0.15, -0.1) is 0 Å². The van der Waals surface area contributed by atoms with E-state index in [-0.39, 0.29) is 24.8 Å². The fourth-order valence-corrected chi connectivity index (χ4v) is 3.75. The monoisotopic (exact) mass is 383 g/mol. The Balaban J connectivity index is 1.35. The number of alkyl carbamates (subject to hydrolysis) is 1. The summed E-state index contributed by atoms with van der Waals surface area (Å²) in [6, 6.07) is 21.6. The van der Waals surface area contributed by atoms with Crippen LogP contribution in [-0.2, 0) is 4.74 Å². The number of carbonyl (C=O) groups excluding carboxylic acids is 1. The predicted octanol–water partition coefficient (Wildman–Crippen LogP) is 4.59. The maximum Gasteiger partial charge on any atom is 0.407 e. The predicted molar refractivity (Wildman–Crippen MR) is 113 cm³/mol. The zero-order valence-corrected chi connectivity index (χ0v) is 16.1. The van der Waals surface area contributed by atoms with Crippen LogP contribution < -0.4 is 5.32 Å². The molecule has 0 atom stereocenters. The molecule has 29 heavy (non-hydrogen) atoms. The van der Waals surface area contributed by atoms with E-state index in [0.29, 0.717) is 5.56 Å². The van der Waals surface area contributed by atoms with Crippen LogP contribution in [0.4, 0.5) is 4.79 Å². The number of benzene rings is 3. The second-order valence-electron chi connectivity index (χ2n) is 7.04. The quantitative estimate of drug-likeness (QED) is 0.651. The summed E-state index contributed by atoms with van der Waals surface area (Å²) in [4.78, 5) is 12.1. The van der Waals surface area contributed by atoms with Crippen LogP contribution in [0.15, 0.2) is 66.7 Å². The molecule has 3 aromatic carbocycles. The molecule has 0 heterocycles. The molecule has 3 aromatic rings. The minimum Gasteiger partial charge on any atom is -0.508 e. The number of phenols is 1. The normalized spacial score (nSPS) is 11.8. The van der Waals surface area contributed by atoms with Crippen molar-refractivity contribution in [3.63, 3.8) is 0 Å². The Kier molecular flexibility index (Phi) is 5.22. The highest BCUT2D eigenvalue weighted by molar-refractivity contribution is 5.79. The third-order valence-electron chi connectivity index (χ3n) is 4.96. The number of fused-ring (bicyclic) bond motifs is 3. The highest BCUT2D eigenvalue weighted by Gasteiger charge is 2.28. The Morgan fingerprint density at radius 2 is 1.69 bits per heavy atom. The van der Waals surface area contributed by atoms with E-state index >= 15 is 0 Å². The Morgan fingerprint density at radius 3 is 2.34 bits per heavy atom. The van der Waals surface area contributed by atoms with Crippen molar-refractivity contribution in [3.05, 3.63) is 89.0 Å². The van der Waals surface area contributed by atoms with Crippen LogP contribution in [0.1, 0.15) is 28.2 Å². The summed E-state index contributed by atoms with van der Waals surface area (Å²) in [5.74, 6) is 6.01. The van der Waals surface area contributed by atoms with Crippen molar-refractivity contribution < 1.29 is 14.6 Å². The van der Waals surface area contributed by atoms with Crippen LogP contribution in [0.5, 0.6) is 5.75 Å². The molecule has 0 bridgehead atoms. The molecular formula is C25H21NO3. The molecule has 2 N–H and O–H groups in total. The van der Waals surface area contributed by atoms with Crippen LogP contribution >= 0.6 is 0 Å². The first-order valence-corrected chi connectivity index (χ1v) is 9.50. The molecular weight excluding hydrogens is 362 g/mol. The topological polar surface area (TPSA) is 58.6 Å². The minimum absolute atomic E-state index is 0.0366. The molecule has 4 rings (SSSR count). The van der Waals surface area contributed by atoms with E-state index in [2.05, 4.69) is 41.4 Å². The van der Waals surface area contributed by atoms with Crippen molar-refractivity contribution in [2.24, 2.45) is 0 Å². The van der Waals surface area contributed by atoms with Crippen LogP contribution in [0.2, 0.25) is 0 Å². The number of phenolic OH excluding ortho intramolecular Hbond substituents is 1. The van der Waals surface area contributed by atoms with Crippen molar-refractivity contribution in [2.75, 3.05) is 13.2 Å². The lowest BCUT2D eigenvalue weighted by molar-refractivity contribution is 0.144. The third kappa shape index (κ3) is 4.09. The van der Waals surface area contributed by atoms with Gasteiger partial charge in [-0.25, -0.2) is 4.79 Å². The zero-order valence-electron chi connectivity index (χ0n) is 16.1. The smallest absolute Gasteiger partial charge is 0.407 e. The van der Waals surface area contributed by atoms with Crippen molar-refractivity contribution in [3.8, 4) is 28.7 Å². The molecule has 0 unspecified atom stereocenters. The number of hydrogen-bond acceptors (Lipinski definition) is 3. The van der Waals surface area contributed by atoms with Crippen molar-refractivity contribution in [2.45, 2.75) is 12.8 Å². The van der Waals surface area contributed by atoms with Gasteiger partial charge in [-0.2, -0.15) is 0 Å². The molecule has 0 radical (unpaired) electrons. The number of rotatable bonds is 3. The maximum absolute atomic E-state index is 12.1. The van der Waals surface area contributed by atoms with Crippen LogP contribution in [0.25, 0.3) is 11.1 Å². The molecule has 1 amide bonds. The second kappa shape index (κ2) is 8.12. The summed E-state index contributed by atoms with van der Waals surface area (Å²) in [6.07, 6.45) is -0.492. The second-order valence-corrected chi connectivity index (χ2v) is 7.04. The zero-order chi connectivity index (χ0) is 20.2. The number of amides is 1. The molecule has 0 aliphatic heterocycles. The van der Waals surface area contributed by atoms with Gasteiger partial charge in [0.1, 0.15) is 12.4 Å². The van der Waals surface area contributed by atoms with Gasteiger partial charge in [-0.1, -0.05) is 60.4 Å². The molecule has 0 saturated heterocycles. The lowest BCUT2D eigenvalue weighted by Crippen LogP contribution is -2.26. The van der Waals surface area contributed by atoms with Gasteiger partial charge in [0.15, 0.2) is 0 Å². The average molecular weight is 383 g/mol. The van der Waals surface area contributed by atoms with Gasteiger partial charge in [0.05, 0.1) is 6.54 Å². The first-order chi connectivity index (χ1) is 14.1. The highest BCUT2D eigenvalue weighted by Crippen LogP contribution is 2.44. The number of carbonyl (C=O) groups is 1. The Bertz CT molecular complexity index is 1060. The van der Waals surface area contributed by atoms with Gasteiger partial charge in [-0.3, -0.25) is 0 Å². The molecule has 1 aliphatic rings. The Labute approximate surface area is 170 Å². The van der Waals surface area contributed by atoms with Gasteiger partial charge < -0.3 is 15.2 Å². The van der Waals surface area contributed by atoms with E-state index in [1.807, 2.05) is 37.3 Å². The summed E-state index contributed by atoms with van der Waals surface area (Å²) in [5.41, 5.74) is 6.39. The lowest BCUT2D eigenvalue weighted by Gasteiger charge is -2.14. The van der Waals surface area contributed by atoms with Crippen LogP contribution in [0, 0.1) is 18.8 Å². The molecule has 0 spiro atoms. The summed E-state index contributed by atoms with van der Waals surface area (Å²) in [6.45, 7) is 2.34. The van der Waals surface area contributed by atoms with E-state index in [0.717, 1.165) is 5.56 Å². The Morgan fingerprint density at radius 1 is 1.03 bits per heavy atom. The van der Waals surface area contributed by atoms with Gasteiger partial charge >= 0.3 is 6.09 Å². The van der Waals surface area contributed by atoms with Gasteiger partial charge in [0.25, 0.3) is 0 Å². The molecule has 0 fully saturated rings. The molecule has 1 aliphatic carbocycles. The molecule has 0 aromatic heterocycles. The average Bonchev–Trinajstić information content (AvgIpc) is 3.03. The van der Waals surface area contributed by atoms with Crippen molar-refractivity contribution in [1.29, 1.82) is 0 Å². The van der Waals surface area contributed by atoms with Crippen molar-refractivity contribution >= 4 is 6.09 Å². The largest absolute Gasteiger partial charge is 0.508 e. The lowest BCUT2D eigenvalue weighted by atomic mass is 9.98. The van der Waals surface area contributed by atoms with E-state index in [1.54, 1.807) is 12.1 Å². The third-order valence-corrected chi connectivity index (χ3v) is 4.96. The fourth-order valence-electron chi connectivity index (χ4n) is 3.75. The molecule has 0 saturated carbocycles. The van der Waals surface area contributed by atoms with E-state index in [1.165, 1.54) is 22.3 Å². The summed E-state index contributed by atoms with van der Waals surface area (Å²) in [7, 11) is 0. The first-order valence-electron chi connectivity index (χ1n) is 9.50. The first kappa shape index (κ1) is 18.6. The van der Waals surface area contributed by atoms with E-state index in [4.69, 9.17) is 4.74 Å². The standard InChI is InChI=1S/C25H21NO3/c1-17-13-18(15-19(27)14-17)7-6-12-26-25(28)29-16-24-22-10-4-2-8-20(22)21-9-3-5-11-23(21)24/h2-5,8-11,13-15,24,27H,12,16H2,1H3,(H,26,28). The van der Waals surface area contributed by atoms with Crippen LogP contribution in [-0.4, -0.2) is 24.4 Å². The fraction of sp³-hybridized carbons (Fsp3) is 0.160. The van der Waals surface area contributed by atoms with Gasteiger partial charge in [0, 0.05) is 11.5 Å². The van der Waals surface area contributed by atoms with E-state index in [9.17, 15) is 9.90 Å². The number of hydrogen-bond donors (Lipinski definition) is 2. The van der Waals surface area contributed by atoms with Crippen LogP contribution in [0.3, 0.4) is 0 Å². The Hall–Kier alpha value is -3.71. The number of aryl methyl sites for hydroxylation is 1. The summed E-state index contributed by atoms with van der Waals surface area (Å²) in [5, 5.41) is 12.3. The van der Waals surface area contributed by atoms with Gasteiger partial charge in [-0.05, 0) is 52.9 Å². The van der Waals surface area contributed by atoms with E-state index < -0.39 is 6.09 Å².